The highest BCUT2D eigenvalue weighted by Crippen LogP contribution is 2.35. The molecule has 0 aliphatic rings. The van der Waals surface area contributed by atoms with Crippen molar-refractivity contribution in [2.75, 3.05) is 5.32 Å². The molecule has 0 aliphatic carbocycles. The van der Waals surface area contributed by atoms with Gasteiger partial charge in [-0.25, -0.2) is 43.9 Å². The van der Waals surface area contributed by atoms with E-state index in [9.17, 15) is 26.3 Å². The minimum Gasteiger partial charge on any atom is -0.370 e. The van der Waals surface area contributed by atoms with Crippen molar-refractivity contribution in [3.63, 3.8) is 0 Å². The lowest BCUT2D eigenvalue weighted by Gasteiger charge is -2.18. The summed E-state index contributed by atoms with van der Waals surface area (Å²) in [4.78, 5) is 4.80. The molecule has 0 amide bonds. The number of anilines is 1. The average molecular weight is 704 g/mol. The highest BCUT2D eigenvalue weighted by atomic mass is 19.2. The molecule has 3 nitrogen and oxygen atoms in total. The van der Waals surface area contributed by atoms with Gasteiger partial charge in [0.05, 0.1) is 11.4 Å². The normalized spacial score (nSPS) is 12.4. The first-order valence-electron chi connectivity index (χ1n) is 15.2. The molecule has 4 aromatic carbocycles. The summed E-state index contributed by atoms with van der Waals surface area (Å²) in [7, 11) is 0. The zero-order chi connectivity index (χ0) is 37.2. The fourth-order valence-corrected chi connectivity index (χ4v) is 5.23. The third kappa shape index (κ3) is 7.27. The summed E-state index contributed by atoms with van der Waals surface area (Å²) in [5.41, 5.74) is -1.15. The predicted molar refractivity (Wildman–Crippen MR) is 175 cm³/mol. The van der Waals surface area contributed by atoms with Gasteiger partial charge >= 0.3 is 6.85 Å². The summed E-state index contributed by atoms with van der Waals surface area (Å²) >= 11 is 0. The molecule has 0 aliphatic heterocycles. The summed E-state index contributed by atoms with van der Waals surface area (Å²) in [5.74, 6) is -25.9. The van der Waals surface area contributed by atoms with Gasteiger partial charge in [-0.15, -0.1) is 0 Å². The van der Waals surface area contributed by atoms with Crippen LogP contribution in [0, 0.1) is 64.2 Å². The number of nitrogens with one attached hydrogen (secondary N) is 1. The molecular formula is C36H29BF10N3. The number of allylic oxidation sites excluding steroid dienone is 2. The number of hydrogen-bond donors (Lipinski definition) is 1. The van der Waals surface area contributed by atoms with Crippen LogP contribution in [0.3, 0.4) is 0 Å². The topological polar surface area (TPSA) is 28.8 Å². The monoisotopic (exact) mass is 704 g/mol. The maximum Gasteiger partial charge on any atom is 0.433 e. The van der Waals surface area contributed by atoms with Crippen LogP contribution in [-0.4, -0.2) is 12.6 Å². The Morgan fingerprint density at radius 3 is 1.40 bits per heavy atom. The molecule has 0 spiro atoms. The third-order valence-corrected chi connectivity index (χ3v) is 7.80. The predicted octanol–water partition coefficient (Wildman–Crippen LogP) is 9.94. The molecule has 0 aromatic heterocycles. The second-order valence-electron chi connectivity index (χ2n) is 11.9. The SMILES string of the molecule is CC(=Nc1c(C(C)C)cccc1C(C)C)/C(C#[N+][B-](c1c(F)c(F)c(F)c(F)c1F)c1c(F)c(F)c(F)c(F)c1F)=C(/C)Nc1ccccc1. The molecule has 261 valence electrons. The van der Waals surface area contributed by atoms with E-state index in [1.807, 2.05) is 45.9 Å². The Balaban J connectivity index is 2.11. The van der Waals surface area contributed by atoms with E-state index in [2.05, 4.69) is 16.1 Å². The molecule has 1 radical (unpaired) electrons. The largest absolute Gasteiger partial charge is 0.433 e. The van der Waals surface area contributed by atoms with Gasteiger partial charge < -0.3 is 10.1 Å². The highest BCUT2D eigenvalue weighted by molar-refractivity contribution is 6.88. The molecule has 50 heavy (non-hydrogen) atoms. The Hall–Kier alpha value is -5.06. The molecule has 0 unspecified atom stereocenters. The summed E-state index contributed by atoms with van der Waals surface area (Å²) in [6.07, 6.45) is 0. The second kappa shape index (κ2) is 15.2. The molecule has 1 N–H and O–H groups in total. The second-order valence-corrected chi connectivity index (χ2v) is 11.9. The summed E-state index contributed by atoms with van der Waals surface area (Å²) in [5, 5.41) is 3.02. The van der Waals surface area contributed by atoms with Crippen LogP contribution in [0.4, 0.5) is 55.3 Å². The van der Waals surface area contributed by atoms with Gasteiger partial charge in [-0.1, -0.05) is 75.0 Å². The van der Waals surface area contributed by atoms with Gasteiger partial charge in [0.1, 0.15) is 28.8 Å². The smallest absolute Gasteiger partial charge is 0.370 e. The number of hydrogen-bond acceptors (Lipinski definition) is 2. The number of rotatable bonds is 8. The molecular weight excluding hydrogens is 675 g/mol. The van der Waals surface area contributed by atoms with Crippen LogP contribution in [0.2, 0.25) is 0 Å². The highest BCUT2D eigenvalue weighted by Gasteiger charge is 2.38. The molecule has 0 heterocycles. The lowest BCUT2D eigenvalue weighted by molar-refractivity contribution is 0.382. The van der Waals surface area contributed by atoms with Crippen LogP contribution in [0.25, 0.3) is 4.76 Å². The van der Waals surface area contributed by atoms with Crippen molar-refractivity contribution < 1.29 is 43.9 Å². The van der Waals surface area contributed by atoms with Gasteiger partial charge in [0.2, 0.25) is 6.07 Å². The van der Waals surface area contributed by atoms with Crippen LogP contribution in [-0.2, 0) is 0 Å². The number of halogens is 10. The fraction of sp³-hybridized carbons (Fsp3) is 0.222. The zero-order valence-corrected chi connectivity index (χ0v) is 27.5. The lowest BCUT2D eigenvalue weighted by Crippen LogP contribution is -2.49. The average Bonchev–Trinajstić information content (AvgIpc) is 3.08. The van der Waals surface area contributed by atoms with Crippen molar-refractivity contribution in [1.29, 1.82) is 0 Å². The third-order valence-electron chi connectivity index (χ3n) is 7.80. The van der Waals surface area contributed by atoms with Gasteiger partial charge in [0.15, 0.2) is 34.9 Å². The summed E-state index contributed by atoms with van der Waals surface area (Å²) in [6, 6.07) is 16.3. The number of para-hydroxylation sites is 2. The summed E-state index contributed by atoms with van der Waals surface area (Å²) < 4.78 is 150. The molecule has 14 heteroatoms. The van der Waals surface area contributed by atoms with Gasteiger partial charge in [0, 0.05) is 11.4 Å². The minimum absolute atomic E-state index is 0.0262. The Morgan fingerprint density at radius 2 is 1.00 bits per heavy atom. The van der Waals surface area contributed by atoms with Gasteiger partial charge in [-0.2, -0.15) is 0 Å². The van der Waals surface area contributed by atoms with E-state index in [1.165, 1.54) is 13.8 Å². The van der Waals surface area contributed by atoms with E-state index in [0.29, 0.717) is 11.4 Å². The maximum atomic E-state index is 15.2. The number of benzene rings is 4. The van der Waals surface area contributed by atoms with E-state index in [-0.39, 0.29) is 28.8 Å². The molecule has 0 atom stereocenters. The van der Waals surface area contributed by atoms with Crippen LogP contribution in [0.1, 0.15) is 64.5 Å². The Bertz CT molecular complexity index is 1930. The van der Waals surface area contributed by atoms with Crippen molar-refractivity contribution >= 4 is 34.9 Å². The Kier molecular flexibility index (Phi) is 11.5. The quantitative estimate of drug-likeness (QED) is 0.0486. The Labute approximate surface area is 282 Å². The van der Waals surface area contributed by atoms with E-state index in [4.69, 9.17) is 4.99 Å². The first kappa shape index (κ1) is 37.8. The number of nitrogens with zero attached hydrogens (tertiary/aromatic N) is 2. The maximum absolute atomic E-state index is 15.2. The molecule has 0 saturated carbocycles. The molecule has 0 bridgehead atoms. The number of aliphatic imine (C=N–C) groups is 1. The van der Waals surface area contributed by atoms with E-state index < -0.39 is 75.9 Å². The van der Waals surface area contributed by atoms with Crippen molar-refractivity contribution in [1.82, 2.24) is 0 Å². The van der Waals surface area contributed by atoms with Gasteiger partial charge in [-0.05, 0) is 48.9 Å². The van der Waals surface area contributed by atoms with Crippen LogP contribution >= 0.6 is 0 Å². The van der Waals surface area contributed by atoms with Crippen molar-refractivity contribution in [2.45, 2.75) is 53.4 Å². The van der Waals surface area contributed by atoms with Gasteiger partial charge in [0.25, 0.3) is 0 Å². The first-order chi connectivity index (χ1) is 23.5. The van der Waals surface area contributed by atoms with E-state index in [0.717, 1.165) is 11.1 Å². The standard InChI is InChI=1S/C36H29BF10N3/c1-16(2)21-13-10-14-22(17(3)4)36(21)50-19(6)23(18(5)49-20-11-8-7-9-12-20)15-48-37(24-26(38)30(42)34(46)31(43)27(24)39)25-28(40)32(44)35(47)33(45)29(25)41/h7-14,16-17,49H,1-6H3/b23-18-,50-19?. The lowest BCUT2D eigenvalue weighted by atomic mass is 9.50. The minimum atomic E-state index is -3.02. The van der Waals surface area contributed by atoms with Crippen LogP contribution < -0.4 is 16.2 Å². The van der Waals surface area contributed by atoms with Gasteiger partial charge in [-0.3, -0.25) is 4.99 Å². The van der Waals surface area contributed by atoms with E-state index >= 15 is 17.6 Å². The fourth-order valence-electron chi connectivity index (χ4n) is 5.23. The molecule has 4 aromatic rings. The van der Waals surface area contributed by atoms with Crippen molar-refractivity contribution in [3.8, 4) is 6.07 Å². The Morgan fingerprint density at radius 1 is 0.600 bits per heavy atom. The molecule has 0 saturated heterocycles. The molecule has 4 rings (SSSR count). The molecule has 0 fully saturated rings. The summed E-state index contributed by atoms with van der Waals surface area (Å²) in [6.45, 7) is 7.65. The van der Waals surface area contributed by atoms with Crippen molar-refractivity contribution in [3.05, 3.63) is 134 Å². The van der Waals surface area contributed by atoms with E-state index in [1.54, 1.807) is 30.3 Å². The first-order valence-corrected chi connectivity index (χ1v) is 15.2. The van der Waals surface area contributed by atoms with Crippen LogP contribution in [0.15, 0.2) is 64.8 Å². The van der Waals surface area contributed by atoms with Crippen LogP contribution in [0.5, 0.6) is 0 Å². The van der Waals surface area contributed by atoms with Crippen molar-refractivity contribution in [2.24, 2.45) is 4.99 Å². The zero-order valence-electron chi connectivity index (χ0n) is 27.5.